The highest BCUT2D eigenvalue weighted by molar-refractivity contribution is 9.10. The first-order chi connectivity index (χ1) is 8.97. The van der Waals surface area contributed by atoms with Crippen LogP contribution in [0.1, 0.15) is 0 Å². The van der Waals surface area contributed by atoms with Gasteiger partial charge in [0.15, 0.2) is 6.04 Å². The van der Waals surface area contributed by atoms with E-state index in [1.807, 2.05) is 0 Å². The van der Waals surface area contributed by atoms with Gasteiger partial charge in [0.05, 0.1) is 19.4 Å². The Morgan fingerprint density at radius 3 is 2.68 bits per heavy atom. The van der Waals surface area contributed by atoms with Crippen molar-refractivity contribution in [2.24, 2.45) is 0 Å². The monoisotopic (exact) mass is 332 g/mol. The summed E-state index contributed by atoms with van der Waals surface area (Å²) in [5.41, 5.74) is 0.372. The van der Waals surface area contributed by atoms with Crippen molar-refractivity contribution >= 4 is 33.6 Å². The number of aliphatic carboxylic acids is 1. The molecule has 0 heterocycles. The Morgan fingerprint density at radius 1 is 1.47 bits per heavy atom. The molecule has 0 aromatic heterocycles. The number of aliphatic hydroxyl groups is 1. The van der Waals surface area contributed by atoms with Gasteiger partial charge in [0.25, 0.3) is 0 Å². The molecule has 0 radical (unpaired) electrons. The molecule has 0 aliphatic heterocycles. The summed E-state index contributed by atoms with van der Waals surface area (Å²) in [6, 6.07) is 2.86. The third-order valence-corrected chi connectivity index (χ3v) is 2.69. The van der Waals surface area contributed by atoms with Crippen LogP contribution in [-0.4, -0.2) is 42.0 Å². The molecule has 0 saturated heterocycles. The lowest BCUT2D eigenvalue weighted by Crippen LogP contribution is -2.45. The maximum atomic E-state index is 11.6. The minimum absolute atomic E-state index is 0.372. The predicted octanol–water partition coefficient (Wildman–Crippen LogP) is 1.02. The summed E-state index contributed by atoms with van der Waals surface area (Å²) < 4.78 is 5.77. The van der Waals surface area contributed by atoms with Crippen molar-refractivity contribution in [3.05, 3.63) is 22.7 Å². The van der Waals surface area contributed by atoms with Crippen molar-refractivity contribution < 1.29 is 24.5 Å². The molecule has 0 bridgehead atoms. The Bertz CT molecular complexity index is 480. The number of nitrogens with one attached hydrogen (secondary N) is 2. The van der Waals surface area contributed by atoms with Crippen LogP contribution in [0.25, 0.3) is 0 Å². The number of halogens is 1. The van der Waals surface area contributed by atoms with Crippen LogP contribution >= 0.6 is 15.9 Å². The normalized spacial score (nSPS) is 11.5. The van der Waals surface area contributed by atoms with E-state index in [1.54, 1.807) is 18.2 Å². The second-order valence-electron chi connectivity index (χ2n) is 3.52. The molecule has 0 aliphatic carbocycles. The van der Waals surface area contributed by atoms with E-state index in [2.05, 4.69) is 26.6 Å². The summed E-state index contributed by atoms with van der Waals surface area (Å²) in [5, 5.41) is 22.1. The molecule has 0 aliphatic rings. The summed E-state index contributed by atoms with van der Waals surface area (Å²) in [5.74, 6) is -0.895. The van der Waals surface area contributed by atoms with Crippen LogP contribution in [0.4, 0.5) is 10.5 Å². The molecule has 104 valence electrons. The van der Waals surface area contributed by atoms with Crippen molar-refractivity contribution in [2.45, 2.75) is 6.04 Å². The van der Waals surface area contributed by atoms with E-state index in [1.165, 1.54) is 7.11 Å². The quantitative estimate of drug-likeness (QED) is 0.644. The van der Waals surface area contributed by atoms with E-state index in [4.69, 9.17) is 14.9 Å². The van der Waals surface area contributed by atoms with Crippen LogP contribution in [-0.2, 0) is 4.79 Å². The highest BCUT2D eigenvalue weighted by Gasteiger charge is 2.19. The largest absolute Gasteiger partial charge is 0.495 e. The molecule has 2 amide bonds. The Morgan fingerprint density at radius 2 is 2.16 bits per heavy atom. The van der Waals surface area contributed by atoms with Gasteiger partial charge in [0.1, 0.15) is 5.75 Å². The molecule has 8 heteroatoms. The highest BCUT2D eigenvalue weighted by atomic mass is 79.9. The first kappa shape index (κ1) is 15.3. The Labute approximate surface area is 117 Å². The number of hydrogen-bond acceptors (Lipinski definition) is 4. The zero-order valence-corrected chi connectivity index (χ0v) is 11.6. The predicted molar refractivity (Wildman–Crippen MR) is 71.4 cm³/mol. The maximum absolute atomic E-state index is 11.6. The summed E-state index contributed by atoms with van der Waals surface area (Å²) in [7, 11) is 1.44. The van der Waals surface area contributed by atoms with Crippen LogP contribution in [0.3, 0.4) is 0 Å². The number of aliphatic hydroxyl groups excluding tert-OH is 1. The van der Waals surface area contributed by atoms with Crippen LogP contribution in [0, 0.1) is 0 Å². The number of urea groups is 1. The van der Waals surface area contributed by atoms with Crippen LogP contribution in [0.5, 0.6) is 5.75 Å². The number of carboxylic acid groups (broad SMARTS) is 1. The molecule has 4 N–H and O–H groups in total. The minimum Gasteiger partial charge on any atom is -0.495 e. The number of carbonyl (C=O) groups excluding carboxylic acids is 1. The molecule has 19 heavy (non-hydrogen) atoms. The third kappa shape index (κ3) is 4.42. The topological polar surface area (TPSA) is 108 Å². The number of anilines is 1. The molecule has 1 atom stereocenters. The van der Waals surface area contributed by atoms with E-state index in [0.29, 0.717) is 11.4 Å². The lowest BCUT2D eigenvalue weighted by Gasteiger charge is -2.14. The number of methoxy groups -OCH3 is 1. The van der Waals surface area contributed by atoms with Gasteiger partial charge >= 0.3 is 12.0 Å². The Hall–Kier alpha value is -1.80. The zero-order chi connectivity index (χ0) is 14.4. The molecule has 0 fully saturated rings. The van der Waals surface area contributed by atoms with Crippen LogP contribution in [0.2, 0.25) is 0 Å². The zero-order valence-electron chi connectivity index (χ0n) is 10.0. The third-order valence-electron chi connectivity index (χ3n) is 2.20. The van der Waals surface area contributed by atoms with Gasteiger partial charge in [-0.05, 0) is 18.2 Å². The van der Waals surface area contributed by atoms with E-state index in [-0.39, 0.29) is 0 Å². The van der Waals surface area contributed by atoms with Crippen LogP contribution < -0.4 is 15.4 Å². The van der Waals surface area contributed by atoms with Crippen molar-refractivity contribution in [3.8, 4) is 5.75 Å². The molecular weight excluding hydrogens is 320 g/mol. The first-order valence-electron chi connectivity index (χ1n) is 5.22. The van der Waals surface area contributed by atoms with Crippen molar-refractivity contribution in [2.75, 3.05) is 19.0 Å². The SMILES string of the molecule is COc1ccc(Br)cc1NC(=O)NC(CO)C(=O)O. The second kappa shape index (κ2) is 6.95. The van der Waals surface area contributed by atoms with Gasteiger partial charge in [0.2, 0.25) is 0 Å². The van der Waals surface area contributed by atoms with Gasteiger partial charge in [-0.2, -0.15) is 0 Å². The fraction of sp³-hybridized carbons (Fsp3) is 0.273. The van der Waals surface area contributed by atoms with E-state index >= 15 is 0 Å². The second-order valence-corrected chi connectivity index (χ2v) is 4.43. The average Bonchev–Trinajstić information content (AvgIpc) is 2.35. The van der Waals surface area contributed by atoms with Gasteiger partial charge in [-0.1, -0.05) is 15.9 Å². The first-order valence-corrected chi connectivity index (χ1v) is 6.02. The number of carboxylic acids is 1. The standard InChI is InChI=1S/C11H13BrN2O5/c1-19-9-3-2-6(12)4-7(9)13-11(18)14-8(5-15)10(16)17/h2-4,8,15H,5H2,1H3,(H,16,17)(H2,13,14,18). The maximum Gasteiger partial charge on any atom is 0.328 e. The van der Waals surface area contributed by atoms with E-state index in [0.717, 1.165) is 4.47 Å². The summed E-state index contributed by atoms with van der Waals surface area (Å²) in [4.78, 5) is 22.3. The number of hydrogen-bond donors (Lipinski definition) is 4. The van der Waals surface area contributed by atoms with Crippen molar-refractivity contribution in [1.82, 2.24) is 5.32 Å². The number of benzene rings is 1. The number of amides is 2. The van der Waals surface area contributed by atoms with Gasteiger partial charge in [-0.25, -0.2) is 9.59 Å². The highest BCUT2D eigenvalue weighted by Crippen LogP contribution is 2.27. The Balaban J connectivity index is 2.76. The fourth-order valence-electron chi connectivity index (χ4n) is 1.28. The van der Waals surface area contributed by atoms with Gasteiger partial charge in [-0.15, -0.1) is 0 Å². The van der Waals surface area contributed by atoms with Crippen LogP contribution in [0.15, 0.2) is 22.7 Å². The molecule has 1 aromatic carbocycles. The lowest BCUT2D eigenvalue weighted by molar-refractivity contribution is -0.140. The van der Waals surface area contributed by atoms with E-state index < -0.39 is 24.6 Å². The Kier molecular flexibility index (Phi) is 5.58. The minimum atomic E-state index is -1.36. The molecule has 1 aromatic rings. The molecule has 0 spiro atoms. The number of carbonyl (C=O) groups is 2. The van der Waals surface area contributed by atoms with Crippen molar-refractivity contribution in [1.29, 1.82) is 0 Å². The number of rotatable bonds is 5. The summed E-state index contributed by atoms with van der Waals surface area (Å²) in [6.45, 7) is -0.696. The average molecular weight is 333 g/mol. The van der Waals surface area contributed by atoms with E-state index in [9.17, 15) is 9.59 Å². The van der Waals surface area contributed by atoms with Gasteiger partial charge in [0, 0.05) is 4.47 Å². The van der Waals surface area contributed by atoms with Gasteiger partial charge < -0.3 is 25.6 Å². The molecule has 0 saturated carbocycles. The fourth-order valence-corrected chi connectivity index (χ4v) is 1.64. The summed E-state index contributed by atoms with van der Waals surface area (Å²) >= 11 is 3.24. The smallest absolute Gasteiger partial charge is 0.328 e. The molecule has 1 unspecified atom stereocenters. The molecule has 7 nitrogen and oxygen atoms in total. The molecule has 1 rings (SSSR count). The molecular formula is C11H13BrN2O5. The number of ether oxygens (including phenoxy) is 1. The van der Waals surface area contributed by atoms with Crippen molar-refractivity contribution in [3.63, 3.8) is 0 Å². The lowest BCUT2D eigenvalue weighted by atomic mass is 10.3. The van der Waals surface area contributed by atoms with Gasteiger partial charge in [-0.3, -0.25) is 0 Å². The summed E-state index contributed by atoms with van der Waals surface area (Å²) in [6.07, 6.45) is 0.